The fourth-order valence-electron chi connectivity index (χ4n) is 4.04. The number of rotatable bonds is 2. The molecule has 0 radical (unpaired) electrons. The fraction of sp³-hybridized carbons (Fsp3) is 0.0370. The van der Waals surface area contributed by atoms with Crippen LogP contribution < -0.4 is 0 Å². The Bertz CT molecular complexity index is 1720. The van der Waals surface area contributed by atoms with Gasteiger partial charge in [0.25, 0.3) is 0 Å². The molecule has 3 aromatic carbocycles. The molecule has 0 unspecified atom stereocenters. The number of fused-ring (bicyclic) bond motifs is 4. The number of nitrogens with zero attached hydrogens (tertiary/aromatic N) is 2. The smallest absolute Gasteiger partial charge is 0.227 e. The number of halogens is 1. The summed E-state index contributed by atoms with van der Waals surface area (Å²) in [6.07, 6.45) is 1.55. The Balaban J connectivity index is 1.58. The Hall–Kier alpha value is -3.69. The zero-order chi connectivity index (χ0) is 23.4. The van der Waals surface area contributed by atoms with Crippen molar-refractivity contribution in [1.29, 1.82) is 0 Å². The molecule has 0 amide bonds. The summed E-state index contributed by atoms with van der Waals surface area (Å²) in [4.78, 5) is 9.25. The van der Waals surface area contributed by atoms with Crippen LogP contribution in [0.1, 0.15) is 9.68 Å². The molecular formula is C27H17ClN2O. The van der Waals surface area contributed by atoms with E-state index in [1.165, 1.54) is 0 Å². The monoisotopic (exact) mass is 423 g/mol. The molecule has 0 aliphatic carbocycles. The predicted octanol–water partition coefficient (Wildman–Crippen LogP) is 7.83. The molecule has 3 aromatic heterocycles. The van der Waals surface area contributed by atoms with Crippen molar-refractivity contribution in [2.45, 2.75) is 6.85 Å². The minimum Gasteiger partial charge on any atom is -0.437 e. The van der Waals surface area contributed by atoms with Crippen LogP contribution in [0, 0.1) is 6.85 Å². The van der Waals surface area contributed by atoms with Gasteiger partial charge in [0, 0.05) is 37.6 Å². The summed E-state index contributed by atoms with van der Waals surface area (Å²) in [5.41, 5.74) is 4.91. The van der Waals surface area contributed by atoms with Crippen LogP contribution in [0.15, 0.2) is 89.5 Å². The molecular weight excluding hydrogens is 404 g/mol. The number of aromatic nitrogens is 2. The van der Waals surface area contributed by atoms with Crippen molar-refractivity contribution < 1.29 is 8.53 Å². The van der Waals surface area contributed by atoms with E-state index in [9.17, 15) is 0 Å². The lowest BCUT2D eigenvalue weighted by molar-refractivity contribution is 0.657. The van der Waals surface area contributed by atoms with Crippen molar-refractivity contribution in [3.8, 4) is 22.4 Å². The first-order chi connectivity index (χ1) is 16.4. The summed E-state index contributed by atoms with van der Waals surface area (Å²) in [6.45, 7) is -2.27. The maximum absolute atomic E-state index is 7.93. The molecule has 3 nitrogen and oxygen atoms in total. The van der Waals surface area contributed by atoms with Crippen LogP contribution in [0.5, 0.6) is 0 Å². The van der Waals surface area contributed by atoms with Gasteiger partial charge in [-0.3, -0.25) is 4.98 Å². The molecule has 0 N–H and O–H groups in total. The molecule has 4 heteroatoms. The molecule has 0 fully saturated rings. The van der Waals surface area contributed by atoms with Gasteiger partial charge in [0.05, 0.1) is 16.2 Å². The van der Waals surface area contributed by atoms with Gasteiger partial charge in [-0.05, 0) is 42.2 Å². The van der Waals surface area contributed by atoms with Crippen molar-refractivity contribution in [1.82, 2.24) is 9.97 Å². The zero-order valence-electron chi connectivity index (χ0n) is 19.3. The standard InChI is InChI=1S/C27H17ClN2O/c1-16-7-2-4-9-18(16)21-14-25(29-15-23(21)28)20-11-6-10-19-22-13-17-8-3-5-12-24(17)30-27(22)31-26(19)20/h2-15H,1H3/i1D3. The van der Waals surface area contributed by atoms with E-state index in [-0.39, 0.29) is 5.56 Å². The third kappa shape index (κ3) is 2.89. The number of hydrogen-bond donors (Lipinski definition) is 0. The molecule has 0 bridgehead atoms. The molecule has 0 aliphatic rings. The topological polar surface area (TPSA) is 38.9 Å². The van der Waals surface area contributed by atoms with E-state index in [4.69, 9.17) is 25.1 Å². The second-order valence-corrected chi connectivity index (χ2v) is 7.82. The average Bonchev–Trinajstić information content (AvgIpc) is 3.20. The van der Waals surface area contributed by atoms with E-state index in [2.05, 4.69) is 11.1 Å². The van der Waals surface area contributed by atoms with Gasteiger partial charge in [-0.15, -0.1) is 0 Å². The highest BCUT2D eigenvalue weighted by atomic mass is 35.5. The van der Waals surface area contributed by atoms with Gasteiger partial charge in [0.1, 0.15) is 5.58 Å². The highest BCUT2D eigenvalue weighted by Gasteiger charge is 2.16. The first-order valence-corrected chi connectivity index (χ1v) is 10.2. The van der Waals surface area contributed by atoms with Crippen LogP contribution in [0.2, 0.25) is 5.02 Å². The van der Waals surface area contributed by atoms with Gasteiger partial charge in [-0.1, -0.05) is 66.2 Å². The van der Waals surface area contributed by atoms with Crippen molar-refractivity contribution in [3.63, 3.8) is 0 Å². The maximum atomic E-state index is 7.93. The van der Waals surface area contributed by atoms with Crippen LogP contribution in [0.25, 0.3) is 55.4 Å². The van der Waals surface area contributed by atoms with E-state index in [0.717, 1.165) is 27.2 Å². The summed E-state index contributed by atoms with van der Waals surface area (Å²) in [5.74, 6) is 0. The van der Waals surface area contributed by atoms with Crippen molar-refractivity contribution in [3.05, 3.63) is 95.6 Å². The third-order valence-corrected chi connectivity index (χ3v) is 5.84. The van der Waals surface area contributed by atoms with Gasteiger partial charge >= 0.3 is 0 Å². The van der Waals surface area contributed by atoms with Crippen LogP contribution in [0.4, 0.5) is 0 Å². The van der Waals surface area contributed by atoms with E-state index in [1.54, 1.807) is 30.5 Å². The minimum atomic E-state index is -2.27. The summed E-state index contributed by atoms with van der Waals surface area (Å²) >= 11 is 6.50. The molecule has 3 heterocycles. The molecule has 0 spiro atoms. The first kappa shape index (κ1) is 15.2. The molecule has 31 heavy (non-hydrogen) atoms. The Labute approximate surface area is 188 Å². The zero-order valence-corrected chi connectivity index (χ0v) is 17.0. The second-order valence-electron chi connectivity index (χ2n) is 7.41. The molecule has 6 aromatic rings. The van der Waals surface area contributed by atoms with Gasteiger partial charge < -0.3 is 4.42 Å². The Morgan fingerprint density at radius 3 is 2.61 bits per heavy atom. The summed E-state index contributed by atoms with van der Waals surface area (Å²) in [5, 5.41) is 3.28. The van der Waals surface area contributed by atoms with Gasteiger partial charge in [-0.2, -0.15) is 0 Å². The largest absolute Gasteiger partial charge is 0.437 e. The Morgan fingerprint density at radius 1 is 0.839 bits per heavy atom. The lowest BCUT2D eigenvalue weighted by Gasteiger charge is -2.10. The highest BCUT2D eigenvalue weighted by molar-refractivity contribution is 6.33. The van der Waals surface area contributed by atoms with E-state index in [1.807, 2.05) is 48.5 Å². The van der Waals surface area contributed by atoms with E-state index >= 15 is 0 Å². The molecule has 0 aliphatic heterocycles. The summed E-state index contributed by atoms with van der Waals surface area (Å²) in [6, 6.07) is 24.6. The van der Waals surface area contributed by atoms with Gasteiger partial charge in [0.15, 0.2) is 0 Å². The molecule has 148 valence electrons. The molecule has 6 rings (SSSR count). The van der Waals surface area contributed by atoms with Crippen molar-refractivity contribution in [2.75, 3.05) is 0 Å². The Kier molecular flexibility index (Phi) is 3.39. The quantitative estimate of drug-likeness (QED) is 0.285. The van der Waals surface area contributed by atoms with Crippen molar-refractivity contribution >= 4 is 44.6 Å². The predicted molar refractivity (Wildman–Crippen MR) is 127 cm³/mol. The lowest BCUT2D eigenvalue weighted by atomic mass is 9.99. The van der Waals surface area contributed by atoms with Crippen LogP contribution in [-0.4, -0.2) is 9.97 Å². The number of benzene rings is 3. The average molecular weight is 424 g/mol. The third-order valence-electron chi connectivity index (χ3n) is 5.54. The number of para-hydroxylation sites is 2. The molecule has 0 saturated heterocycles. The lowest BCUT2D eigenvalue weighted by Crippen LogP contribution is -1.89. The SMILES string of the molecule is [2H]C([2H])([2H])c1ccccc1-c1cc(-c2cccc3c2oc2nc4ccccc4cc23)ncc1Cl. The minimum absolute atomic E-state index is 0.242. The molecule has 0 saturated carbocycles. The van der Waals surface area contributed by atoms with Crippen molar-refractivity contribution in [2.24, 2.45) is 0 Å². The summed E-state index contributed by atoms with van der Waals surface area (Å²) in [7, 11) is 0. The molecule has 0 atom stereocenters. The number of hydrogen-bond acceptors (Lipinski definition) is 3. The van der Waals surface area contributed by atoms with Crippen LogP contribution in [0.3, 0.4) is 0 Å². The number of furan rings is 1. The highest BCUT2D eigenvalue weighted by Crippen LogP contribution is 2.38. The number of aryl methyl sites for hydroxylation is 1. The Morgan fingerprint density at radius 2 is 1.68 bits per heavy atom. The van der Waals surface area contributed by atoms with Gasteiger partial charge in [0.2, 0.25) is 5.71 Å². The number of pyridine rings is 2. The summed E-state index contributed by atoms with van der Waals surface area (Å²) < 4.78 is 30.0. The fourth-order valence-corrected chi connectivity index (χ4v) is 4.24. The van der Waals surface area contributed by atoms with E-state index in [0.29, 0.717) is 33.1 Å². The maximum Gasteiger partial charge on any atom is 0.227 e. The second kappa shape index (κ2) is 6.93. The normalized spacial score (nSPS) is 13.4. The van der Waals surface area contributed by atoms with Crippen LogP contribution >= 0.6 is 11.6 Å². The first-order valence-electron chi connectivity index (χ1n) is 11.4. The van der Waals surface area contributed by atoms with Gasteiger partial charge in [-0.25, -0.2) is 4.98 Å². The van der Waals surface area contributed by atoms with E-state index < -0.39 is 6.85 Å². The van der Waals surface area contributed by atoms with Crippen LogP contribution in [-0.2, 0) is 0 Å².